The van der Waals surface area contributed by atoms with E-state index in [0.29, 0.717) is 26.4 Å². The Kier molecular flexibility index (Phi) is 6.80. The quantitative estimate of drug-likeness (QED) is 0.592. The van der Waals surface area contributed by atoms with E-state index in [-0.39, 0.29) is 36.3 Å². The molecule has 0 amide bonds. The lowest BCUT2D eigenvalue weighted by Gasteiger charge is -2.48. The van der Waals surface area contributed by atoms with Crippen molar-refractivity contribution in [2.75, 3.05) is 26.4 Å². The normalized spacial score (nSPS) is 29.9. The Balaban J connectivity index is 1.46. The maximum atomic E-state index is 9.94. The molecule has 2 heterocycles. The number of hydrogen-bond donors (Lipinski definition) is 2. The van der Waals surface area contributed by atoms with Gasteiger partial charge in [-0.3, -0.25) is 0 Å². The molecule has 2 aliphatic rings. The minimum absolute atomic E-state index is 0.0901. The van der Waals surface area contributed by atoms with Crippen LogP contribution < -0.4 is 0 Å². The summed E-state index contributed by atoms with van der Waals surface area (Å²) in [6.07, 6.45) is 1.57. The third-order valence-corrected chi connectivity index (χ3v) is 7.42. The molecule has 0 radical (unpaired) electrons. The summed E-state index contributed by atoms with van der Waals surface area (Å²) in [7, 11) is 0. The molecule has 0 saturated carbocycles. The maximum Gasteiger partial charge on any atom is 0.0928 e. The fourth-order valence-corrected chi connectivity index (χ4v) is 4.81. The molecule has 5 heteroatoms. The van der Waals surface area contributed by atoms with E-state index in [2.05, 4.69) is 38.1 Å². The number of aliphatic hydroxyl groups is 2. The first kappa shape index (κ1) is 22.4. The van der Waals surface area contributed by atoms with E-state index in [1.54, 1.807) is 0 Å². The number of aliphatic hydroxyl groups excluding tert-OH is 2. The molecule has 2 fully saturated rings. The minimum Gasteiger partial charge on any atom is -0.396 e. The van der Waals surface area contributed by atoms with E-state index in [0.717, 1.165) is 35.1 Å². The van der Waals surface area contributed by atoms with E-state index in [1.807, 2.05) is 24.3 Å². The third-order valence-electron chi connectivity index (χ3n) is 7.42. The van der Waals surface area contributed by atoms with Crippen LogP contribution in [0, 0.1) is 10.8 Å². The van der Waals surface area contributed by atoms with Crippen LogP contribution in [-0.4, -0.2) is 36.6 Å². The number of hydrogen-bond acceptors (Lipinski definition) is 5. The minimum atomic E-state index is -0.196. The van der Waals surface area contributed by atoms with Crippen molar-refractivity contribution in [3.05, 3.63) is 70.8 Å². The average Bonchev–Trinajstić information content (AvgIpc) is 2.77. The van der Waals surface area contributed by atoms with Crippen LogP contribution in [0.4, 0.5) is 0 Å². The van der Waals surface area contributed by atoms with Gasteiger partial charge < -0.3 is 24.4 Å². The van der Waals surface area contributed by atoms with Gasteiger partial charge in [0.05, 0.1) is 51.8 Å². The molecule has 168 valence electrons. The first-order valence-corrected chi connectivity index (χ1v) is 11.3. The van der Waals surface area contributed by atoms with Crippen LogP contribution in [0.15, 0.2) is 48.5 Å². The standard InChI is InChI=1S/C26H34O5/c1-3-25(15-27)17-30-23(25)21-11-7-5-9-19(21)13-29-14-20-10-6-8-12-22(20)24-26(4-2,16-28)18-31-24/h5-12,23-24,27-28H,3-4,13-18H2,1-2H3. The van der Waals surface area contributed by atoms with Gasteiger partial charge in [0.25, 0.3) is 0 Å². The lowest BCUT2D eigenvalue weighted by molar-refractivity contribution is -0.211. The van der Waals surface area contributed by atoms with Gasteiger partial charge in [0.1, 0.15) is 0 Å². The molecule has 2 aromatic rings. The largest absolute Gasteiger partial charge is 0.396 e. The van der Waals surface area contributed by atoms with Crippen molar-refractivity contribution in [3.63, 3.8) is 0 Å². The second kappa shape index (κ2) is 9.39. The number of benzene rings is 2. The predicted octanol–water partition coefficient (Wildman–Crippen LogP) is 4.32. The lowest BCUT2D eigenvalue weighted by Crippen LogP contribution is -2.48. The highest BCUT2D eigenvalue weighted by atomic mass is 16.5. The molecule has 2 N–H and O–H groups in total. The van der Waals surface area contributed by atoms with Gasteiger partial charge in [-0.1, -0.05) is 62.4 Å². The van der Waals surface area contributed by atoms with E-state index in [1.165, 1.54) is 0 Å². The van der Waals surface area contributed by atoms with Crippen molar-refractivity contribution in [2.45, 2.75) is 52.1 Å². The topological polar surface area (TPSA) is 68.2 Å². The zero-order chi connectivity index (χ0) is 21.9. The number of rotatable bonds is 10. The van der Waals surface area contributed by atoms with Gasteiger partial charge in [-0.05, 0) is 35.1 Å². The summed E-state index contributed by atoms with van der Waals surface area (Å²) in [4.78, 5) is 0. The van der Waals surface area contributed by atoms with E-state index >= 15 is 0 Å². The van der Waals surface area contributed by atoms with Gasteiger partial charge in [0.2, 0.25) is 0 Å². The highest BCUT2D eigenvalue weighted by molar-refractivity contribution is 5.33. The highest BCUT2D eigenvalue weighted by Gasteiger charge is 2.49. The Morgan fingerprint density at radius 2 is 1.19 bits per heavy atom. The van der Waals surface area contributed by atoms with Gasteiger partial charge >= 0.3 is 0 Å². The van der Waals surface area contributed by atoms with Gasteiger partial charge in [0.15, 0.2) is 0 Å². The Morgan fingerprint density at radius 1 is 0.774 bits per heavy atom. The summed E-state index contributed by atoms with van der Waals surface area (Å²) in [5, 5.41) is 19.9. The Morgan fingerprint density at radius 3 is 1.52 bits per heavy atom. The average molecular weight is 427 g/mol. The second-order valence-electron chi connectivity index (χ2n) is 9.02. The molecule has 2 saturated heterocycles. The first-order chi connectivity index (χ1) is 15.1. The summed E-state index contributed by atoms with van der Waals surface area (Å²) in [5.41, 5.74) is 4.00. The third kappa shape index (κ3) is 3.94. The van der Waals surface area contributed by atoms with Crippen LogP contribution >= 0.6 is 0 Å². The maximum absolute atomic E-state index is 9.94. The van der Waals surface area contributed by atoms with Crippen molar-refractivity contribution in [1.82, 2.24) is 0 Å². The molecule has 0 aliphatic carbocycles. The monoisotopic (exact) mass is 426 g/mol. The summed E-state index contributed by atoms with van der Waals surface area (Å²) in [6, 6.07) is 16.4. The molecule has 4 atom stereocenters. The molecule has 5 nitrogen and oxygen atoms in total. The predicted molar refractivity (Wildman–Crippen MR) is 118 cm³/mol. The lowest BCUT2D eigenvalue weighted by atomic mass is 9.72. The van der Waals surface area contributed by atoms with E-state index in [4.69, 9.17) is 14.2 Å². The summed E-state index contributed by atoms with van der Waals surface area (Å²) < 4.78 is 17.9. The Hall–Kier alpha value is -1.76. The van der Waals surface area contributed by atoms with Crippen molar-refractivity contribution in [3.8, 4) is 0 Å². The van der Waals surface area contributed by atoms with Crippen LogP contribution in [0.2, 0.25) is 0 Å². The summed E-state index contributed by atoms with van der Waals surface area (Å²) in [5.74, 6) is 0. The first-order valence-electron chi connectivity index (χ1n) is 11.3. The van der Waals surface area contributed by atoms with Crippen LogP contribution in [0.5, 0.6) is 0 Å². The van der Waals surface area contributed by atoms with Crippen LogP contribution in [0.1, 0.15) is 61.2 Å². The van der Waals surface area contributed by atoms with Crippen molar-refractivity contribution in [2.24, 2.45) is 10.8 Å². The summed E-state index contributed by atoms with van der Waals surface area (Å²) in [6.45, 7) is 6.60. The smallest absolute Gasteiger partial charge is 0.0928 e. The molecule has 31 heavy (non-hydrogen) atoms. The van der Waals surface area contributed by atoms with E-state index in [9.17, 15) is 10.2 Å². The molecule has 0 bridgehead atoms. The molecule has 0 spiro atoms. The molecular formula is C26H34O5. The van der Waals surface area contributed by atoms with Gasteiger partial charge in [-0.25, -0.2) is 0 Å². The molecule has 4 unspecified atom stereocenters. The fraction of sp³-hybridized carbons (Fsp3) is 0.538. The Labute approximate surface area is 185 Å². The van der Waals surface area contributed by atoms with Crippen LogP contribution in [0.3, 0.4) is 0 Å². The molecule has 2 aromatic carbocycles. The molecular weight excluding hydrogens is 392 g/mol. The fourth-order valence-electron chi connectivity index (χ4n) is 4.81. The van der Waals surface area contributed by atoms with Gasteiger partial charge in [-0.15, -0.1) is 0 Å². The SMILES string of the molecule is CCC1(CO)COC1c1ccccc1COCc1ccccc1C1OCC1(CC)CO. The van der Waals surface area contributed by atoms with Crippen molar-refractivity contribution >= 4 is 0 Å². The highest BCUT2D eigenvalue weighted by Crippen LogP contribution is 2.50. The number of ether oxygens (including phenoxy) is 3. The van der Waals surface area contributed by atoms with E-state index < -0.39 is 0 Å². The van der Waals surface area contributed by atoms with Crippen LogP contribution in [0.25, 0.3) is 0 Å². The van der Waals surface area contributed by atoms with Crippen LogP contribution in [-0.2, 0) is 27.4 Å². The molecule has 0 aromatic heterocycles. The van der Waals surface area contributed by atoms with Crippen molar-refractivity contribution < 1.29 is 24.4 Å². The molecule has 2 aliphatic heterocycles. The second-order valence-corrected chi connectivity index (χ2v) is 9.02. The zero-order valence-electron chi connectivity index (χ0n) is 18.5. The molecule has 4 rings (SSSR count). The zero-order valence-corrected chi connectivity index (χ0v) is 18.5. The van der Waals surface area contributed by atoms with Gasteiger partial charge in [0, 0.05) is 10.8 Å². The van der Waals surface area contributed by atoms with Gasteiger partial charge in [-0.2, -0.15) is 0 Å². The van der Waals surface area contributed by atoms with Crippen molar-refractivity contribution in [1.29, 1.82) is 0 Å². The Bertz CT molecular complexity index is 789. The summed E-state index contributed by atoms with van der Waals surface area (Å²) >= 11 is 0.